The number of hydrogen-bond donors (Lipinski definition) is 1. The van der Waals surface area contributed by atoms with Crippen molar-refractivity contribution in [3.63, 3.8) is 0 Å². The highest BCUT2D eigenvalue weighted by Gasteiger charge is 2.13. The molecule has 0 saturated carbocycles. The molecule has 106 valence electrons. The van der Waals surface area contributed by atoms with Crippen LogP contribution < -0.4 is 19.5 Å². The van der Waals surface area contributed by atoms with E-state index in [1.54, 1.807) is 18.2 Å². The molecular weight excluding hydrogens is 262 g/mol. The number of fused-ring (bicyclic) bond motifs is 1. The number of carbonyl (C=O) groups is 1. The summed E-state index contributed by atoms with van der Waals surface area (Å²) in [7, 11) is 1.46. The van der Waals surface area contributed by atoms with Crippen molar-refractivity contribution in [3.8, 4) is 29.1 Å². The Bertz CT molecular complexity index is 532. The predicted molar refractivity (Wildman–Crippen MR) is 70.7 cm³/mol. The average molecular weight is 277 g/mol. The summed E-state index contributed by atoms with van der Waals surface area (Å²) >= 11 is 0. The third kappa shape index (κ3) is 4.07. The maximum absolute atomic E-state index is 11.0. The maximum atomic E-state index is 11.0. The summed E-state index contributed by atoms with van der Waals surface area (Å²) in [5.74, 6) is 7.42. The van der Waals surface area contributed by atoms with Crippen LogP contribution in [0.1, 0.15) is 0 Å². The summed E-state index contributed by atoms with van der Waals surface area (Å²) in [5.41, 5.74) is 0. The summed E-state index contributed by atoms with van der Waals surface area (Å²) in [6, 6.07) is 5.33. The Balaban J connectivity index is 1.70. The van der Waals surface area contributed by atoms with Crippen molar-refractivity contribution in [2.24, 2.45) is 0 Å². The molecule has 0 unspecified atom stereocenters. The van der Waals surface area contributed by atoms with E-state index in [9.17, 15) is 4.79 Å². The Kier molecular flexibility index (Phi) is 5.09. The van der Waals surface area contributed by atoms with Crippen LogP contribution in [-0.4, -0.2) is 39.6 Å². The van der Waals surface area contributed by atoms with Gasteiger partial charge in [-0.25, -0.2) is 0 Å². The van der Waals surface area contributed by atoms with Crippen LogP contribution >= 0.6 is 0 Å². The molecule has 0 aliphatic carbocycles. The molecular formula is C14H15NO5. The molecule has 20 heavy (non-hydrogen) atoms. The number of benzene rings is 1. The number of rotatable bonds is 5. The highest BCUT2D eigenvalue weighted by molar-refractivity contribution is 5.77. The van der Waals surface area contributed by atoms with Crippen molar-refractivity contribution in [2.75, 3.05) is 33.7 Å². The van der Waals surface area contributed by atoms with Crippen LogP contribution in [0.25, 0.3) is 0 Å². The van der Waals surface area contributed by atoms with Crippen LogP contribution in [0.5, 0.6) is 17.2 Å². The fraction of sp³-hybridized carbons (Fsp3) is 0.357. The molecule has 0 fully saturated rings. The minimum absolute atomic E-state index is 0.0371. The van der Waals surface area contributed by atoms with E-state index in [-0.39, 0.29) is 32.5 Å². The predicted octanol–water partition coefficient (Wildman–Crippen LogP) is 0.560. The van der Waals surface area contributed by atoms with Gasteiger partial charge in [0.25, 0.3) is 0 Å². The van der Waals surface area contributed by atoms with E-state index < -0.39 is 0 Å². The zero-order chi connectivity index (χ0) is 14.2. The first-order valence-corrected chi connectivity index (χ1v) is 6.03. The number of carbonyl (C=O) groups excluding carboxylic acids is 1. The quantitative estimate of drug-likeness (QED) is 0.797. The molecule has 0 radical (unpaired) electrons. The Hall–Kier alpha value is -2.39. The van der Waals surface area contributed by atoms with Crippen molar-refractivity contribution in [1.29, 1.82) is 0 Å². The number of hydrogen-bond acceptors (Lipinski definition) is 5. The van der Waals surface area contributed by atoms with Crippen LogP contribution in [0.4, 0.5) is 0 Å². The molecule has 1 N–H and O–H groups in total. The summed E-state index contributed by atoms with van der Waals surface area (Å²) in [4.78, 5) is 11.0. The molecule has 1 aliphatic heterocycles. The molecule has 1 aromatic rings. The van der Waals surface area contributed by atoms with E-state index in [4.69, 9.17) is 14.2 Å². The first-order valence-electron chi connectivity index (χ1n) is 6.03. The third-order valence-corrected chi connectivity index (χ3v) is 2.43. The highest BCUT2D eigenvalue weighted by Crippen LogP contribution is 2.34. The standard InChI is InChI=1S/C14H15NO5/c1-17-9-14(16)15-6-2-3-7-18-11-4-5-12-13(8-11)20-10-19-12/h4-5,8H,6-7,9-10H2,1H3,(H,15,16). The fourth-order valence-corrected chi connectivity index (χ4v) is 1.52. The van der Waals surface area contributed by atoms with Gasteiger partial charge in [0.05, 0.1) is 6.54 Å². The largest absolute Gasteiger partial charge is 0.481 e. The molecule has 0 bridgehead atoms. The van der Waals surface area contributed by atoms with E-state index in [0.29, 0.717) is 17.2 Å². The van der Waals surface area contributed by atoms with E-state index in [2.05, 4.69) is 21.9 Å². The van der Waals surface area contributed by atoms with Crippen LogP contribution in [-0.2, 0) is 9.53 Å². The van der Waals surface area contributed by atoms with Gasteiger partial charge in [-0.05, 0) is 12.1 Å². The van der Waals surface area contributed by atoms with E-state index in [1.165, 1.54) is 7.11 Å². The second-order valence-corrected chi connectivity index (χ2v) is 3.87. The molecule has 6 heteroatoms. The van der Waals surface area contributed by atoms with Gasteiger partial charge in [-0.2, -0.15) is 0 Å². The number of amides is 1. The first-order chi connectivity index (χ1) is 9.79. The molecule has 1 heterocycles. The van der Waals surface area contributed by atoms with Crippen LogP contribution in [0, 0.1) is 11.8 Å². The molecule has 0 atom stereocenters. The van der Waals surface area contributed by atoms with Gasteiger partial charge in [-0.3, -0.25) is 4.79 Å². The zero-order valence-electron chi connectivity index (χ0n) is 11.1. The molecule has 6 nitrogen and oxygen atoms in total. The van der Waals surface area contributed by atoms with Gasteiger partial charge in [0.2, 0.25) is 12.7 Å². The molecule has 0 spiro atoms. The zero-order valence-corrected chi connectivity index (χ0v) is 11.1. The highest BCUT2D eigenvalue weighted by atomic mass is 16.7. The monoisotopic (exact) mass is 277 g/mol. The molecule has 1 aliphatic rings. The van der Waals surface area contributed by atoms with Crippen molar-refractivity contribution in [1.82, 2.24) is 5.32 Å². The molecule has 0 aromatic heterocycles. The Labute approximate surface area is 117 Å². The van der Waals surface area contributed by atoms with E-state index in [0.717, 1.165) is 0 Å². The average Bonchev–Trinajstić information content (AvgIpc) is 2.90. The van der Waals surface area contributed by atoms with Crippen molar-refractivity contribution in [3.05, 3.63) is 18.2 Å². The first kappa shape index (κ1) is 14.0. The molecule has 2 rings (SSSR count). The SMILES string of the molecule is COCC(=O)NCC#CCOc1ccc2c(c1)OCO2. The van der Waals surface area contributed by atoms with Gasteiger partial charge >= 0.3 is 0 Å². The second kappa shape index (κ2) is 7.26. The Morgan fingerprint density at radius 1 is 1.35 bits per heavy atom. The van der Waals surface area contributed by atoms with Gasteiger partial charge in [-0.1, -0.05) is 11.8 Å². The van der Waals surface area contributed by atoms with Crippen molar-refractivity contribution in [2.45, 2.75) is 0 Å². The van der Waals surface area contributed by atoms with Crippen molar-refractivity contribution >= 4 is 5.91 Å². The van der Waals surface area contributed by atoms with Gasteiger partial charge in [-0.15, -0.1) is 0 Å². The smallest absolute Gasteiger partial charge is 0.246 e. The lowest BCUT2D eigenvalue weighted by atomic mass is 10.3. The number of methoxy groups -OCH3 is 1. The fourth-order valence-electron chi connectivity index (χ4n) is 1.52. The summed E-state index contributed by atoms with van der Waals surface area (Å²) in [6.07, 6.45) is 0. The van der Waals surface area contributed by atoms with E-state index >= 15 is 0 Å². The topological polar surface area (TPSA) is 66.0 Å². The molecule has 1 amide bonds. The van der Waals surface area contributed by atoms with Crippen LogP contribution in [0.3, 0.4) is 0 Å². The van der Waals surface area contributed by atoms with Gasteiger partial charge in [0, 0.05) is 13.2 Å². The second-order valence-electron chi connectivity index (χ2n) is 3.87. The minimum Gasteiger partial charge on any atom is -0.481 e. The lowest BCUT2D eigenvalue weighted by Gasteiger charge is -2.03. The lowest BCUT2D eigenvalue weighted by molar-refractivity contribution is -0.124. The van der Waals surface area contributed by atoms with E-state index in [1.807, 2.05) is 0 Å². The van der Waals surface area contributed by atoms with Gasteiger partial charge in [0.1, 0.15) is 19.0 Å². The van der Waals surface area contributed by atoms with Crippen LogP contribution in [0.2, 0.25) is 0 Å². The lowest BCUT2D eigenvalue weighted by Crippen LogP contribution is -2.27. The number of nitrogens with one attached hydrogen (secondary N) is 1. The Morgan fingerprint density at radius 3 is 3.05 bits per heavy atom. The Morgan fingerprint density at radius 2 is 2.20 bits per heavy atom. The minimum atomic E-state index is -0.196. The van der Waals surface area contributed by atoms with Gasteiger partial charge in [0.15, 0.2) is 11.5 Å². The summed E-state index contributed by atoms with van der Waals surface area (Å²) in [5, 5.41) is 2.59. The summed E-state index contributed by atoms with van der Waals surface area (Å²) < 4.78 is 20.5. The van der Waals surface area contributed by atoms with Crippen LogP contribution in [0.15, 0.2) is 18.2 Å². The third-order valence-electron chi connectivity index (χ3n) is 2.43. The summed E-state index contributed by atoms with van der Waals surface area (Å²) in [6.45, 7) is 0.779. The van der Waals surface area contributed by atoms with Gasteiger partial charge < -0.3 is 24.3 Å². The van der Waals surface area contributed by atoms with Crippen molar-refractivity contribution < 1.29 is 23.7 Å². The molecule has 0 saturated heterocycles. The number of ether oxygens (including phenoxy) is 4. The normalized spacial score (nSPS) is 11.4. The maximum Gasteiger partial charge on any atom is 0.246 e. The molecule has 1 aromatic carbocycles.